The van der Waals surface area contributed by atoms with E-state index in [0.717, 1.165) is 16.6 Å². The maximum Gasteiger partial charge on any atom is 0.237 e. The van der Waals surface area contributed by atoms with E-state index >= 15 is 0 Å². The molecule has 3 aromatic rings. The van der Waals surface area contributed by atoms with Gasteiger partial charge in [-0.25, -0.2) is 9.37 Å². The van der Waals surface area contributed by atoms with Gasteiger partial charge in [0.25, 0.3) is 0 Å². The lowest BCUT2D eigenvalue weighted by molar-refractivity contribution is -0.125. The summed E-state index contributed by atoms with van der Waals surface area (Å²) in [6.07, 6.45) is 1.22. The molecule has 0 unspecified atom stereocenters. The Morgan fingerprint density at radius 3 is 2.59 bits per heavy atom. The topological polar surface area (TPSA) is 56.2 Å². The van der Waals surface area contributed by atoms with E-state index in [-0.39, 0.29) is 11.7 Å². The SMILES string of the molecule is Cc1ccc(C2(C(=O)Nc3nc4cc(F)ccc4n3C)CCOCC2)cc1. The van der Waals surface area contributed by atoms with E-state index in [2.05, 4.69) is 10.3 Å². The van der Waals surface area contributed by atoms with Crippen LogP contribution in [0.25, 0.3) is 11.0 Å². The van der Waals surface area contributed by atoms with Gasteiger partial charge in [0.1, 0.15) is 5.82 Å². The summed E-state index contributed by atoms with van der Waals surface area (Å²) in [5.74, 6) is -0.0360. The van der Waals surface area contributed by atoms with Crippen molar-refractivity contribution in [1.82, 2.24) is 9.55 Å². The molecule has 1 N–H and O–H groups in total. The number of benzene rings is 2. The molecule has 0 bridgehead atoms. The largest absolute Gasteiger partial charge is 0.381 e. The molecule has 4 rings (SSSR count). The van der Waals surface area contributed by atoms with Crippen LogP contribution in [0.2, 0.25) is 0 Å². The Kier molecular flexibility index (Phi) is 4.44. The second kappa shape index (κ2) is 6.78. The van der Waals surface area contributed by atoms with Gasteiger partial charge in [-0.3, -0.25) is 10.1 Å². The number of ether oxygens (including phenoxy) is 1. The van der Waals surface area contributed by atoms with Crippen LogP contribution in [0.1, 0.15) is 24.0 Å². The fraction of sp³-hybridized carbons (Fsp3) is 0.333. The quantitative estimate of drug-likeness (QED) is 0.768. The summed E-state index contributed by atoms with van der Waals surface area (Å²) in [7, 11) is 1.81. The Labute approximate surface area is 157 Å². The minimum atomic E-state index is -0.657. The fourth-order valence-electron chi connectivity index (χ4n) is 3.75. The minimum absolute atomic E-state index is 0.103. The second-order valence-electron chi connectivity index (χ2n) is 7.14. The number of hydrogen-bond donors (Lipinski definition) is 1. The summed E-state index contributed by atoms with van der Waals surface area (Å²) < 4.78 is 20.8. The Balaban J connectivity index is 1.70. The third kappa shape index (κ3) is 3.10. The summed E-state index contributed by atoms with van der Waals surface area (Å²) in [5.41, 5.74) is 2.76. The van der Waals surface area contributed by atoms with Crippen LogP contribution in [-0.4, -0.2) is 28.7 Å². The molecule has 6 heteroatoms. The summed E-state index contributed by atoms with van der Waals surface area (Å²) in [4.78, 5) is 17.8. The van der Waals surface area contributed by atoms with Crippen LogP contribution in [0.5, 0.6) is 0 Å². The van der Waals surface area contributed by atoms with Crippen molar-refractivity contribution in [3.05, 3.63) is 59.4 Å². The predicted octanol–water partition coefficient (Wildman–Crippen LogP) is 3.71. The Morgan fingerprint density at radius 2 is 1.89 bits per heavy atom. The average Bonchev–Trinajstić information content (AvgIpc) is 2.97. The number of amides is 1. The van der Waals surface area contributed by atoms with Crippen molar-refractivity contribution >= 4 is 22.9 Å². The minimum Gasteiger partial charge on any atom is -0.381 e. The van der Waals surface area contributed by atoms with Gasteiger partial charge >= 0.3 is 0 Å². The van der Waals surface area contributed by atoms with Crippen molar-refractivity contribution in [3.8, 4) is 0 Å². The number of halogens is 1. The molecule has 1 fully saturated rings. The number of aryl methyl sites for hydroxylation is 2. The first-order chi connectivity index (χ1) is 13.0. The van der Waals surface area contributed by atoms with Crippen LogP contribution < -0.4 is 5.32 Å². The smallest absolute Gasteiger partial charge is 0.237 e. The molecule has 2 aromatic carbocycles. The number of hydrogen-bond acceptors (Lipinski definition) is 3. The van der Waals surface area contributed by atoms with E-state index in [9.17, 15) is 9.18 Å². The number of nitrogens with zero attached hydrogens (tertiary/aromatic N) is 2. The van der Waals surface area contributed by atoms with Crippen molar-refractivity contribution in [1.29, 1.82) is 0 Å². The number of anilines is 1. The molecule has 0 spiro atoms. The van der Waals surface area contributed by atoms with Crippen LogP contribution in [0.3, 0.4) is 0 Å². The summed E-state index contributed by atoms with van der Waals surface area (Å²) >= 11 is 0. The third-order valence-corrected chi connectivity index (χ3v) is 5.45. The van der Waals surface area contributed by atoms with Gasteiger partial charge in [0, 0.05) is 26.3 Å². The lowest BCUT2D eigenvalue weighted by Gasteiger charge is -2.36. The fourth-order valence-corrected chi connectivity index (χ4v) is 3.75. The molecule has 27 heavy (non-hydrogen) atoms. The highest BCUT2D eigenvalue weighted by Gasteiger charge is 2.42. The zero-order valence-electron chi connectivity index (χ0n) is 15.5. The molecule has 1 aliphatic heterocycles. The van der Waals surface area contributed by atoms with E-state index < -0.39 is 5.41 Å². The van der Waals surface area contributed by atoms with E-state index in [1.54, 1.807) is 10.6 Å². The first-order valence-corrected chi connectivity index (χ1v) is 9.08. The van der Waals surface area contributed by atoms with Crippen LogP contribution in [0.15, 0.2) is 42.5 Å². The van der Waals surface area contributed by atoms with Crippen molar-refractivity contribution in [2.75, 3.05) is 18.5 Å². The highest BCUT2D eigenvalue weighted by Crippen LogP contribution is 2.36. The average molecular weight is 367 g/mol. The van der Waals surface area contributed by atoms with Crippen molar-refractivity contribution in [2.45, 2.75) is 25.2 Å². The van der Waals surface area contributed by atoms with Gasteiger partial charge in [-0.15, -0.1) is 0 Å². The number of fused-ring (bicyclic) bond motifs is 1. The number of aromatic nitrogens is 2. The highest BCUT2D eigenvalue weighted by atomic mass is 19.1. The van der Waals surface area contributed by atoms with E-state index in [1.807, 2.05) is 38.2 Å². The first-order valence-electron chi connectivity index (χ1n) is 9.08. The third-order valence-electron chi connectivity index (χ3n) is 5.45. The van der Waals surface area contributed by atoms with Gasteiger partial charge in [-0.2, -0.15) is 0 Å². The van der Waals surface area contributed by atoms with E-state index in [0.29, 0.717) is 37.5 Å². The van der Waals surface area contributed by atoms with Gasteiger partial charge in [0.05, 0.1) is 16.4 Å². The van der Waals surface area contributed by atoms with Crippen molar-refractivity contribution < 1.29 is 13.9 Å². The molecule has 140 valence electrons. The molecule has 1 amide bonds. The Hall–Kier alpha value is -2.73. The summed E-state index contributed by atoms with van der Waals surface area (Å²) in [5, 5.41) is 2.98. The molecule has 0 radical (unpaired) electrons. The van der Waals surface area contributed by atoms with Gasteiger partial charge in [0.2, 0.25) is 11.9 Å². The molecule has 1 aromatic heterocycles. The lowest BCUT2D eigenvalue weighted by Crippen LogP contribution is -2.45. The summed E-state index contributed by atoms with van der Waals surface area (Å²) in [6.45, 7) is 3.10. The monoisotopic (exact) mass is 367 g/mol. The Morgan fingerprint density at radius 1 is 1.19 bits per heavy atom. The lowest BCUT2D eigenvalue weighted by atomic mass is 9.73. The molecule has 1 saturated heterocycles. The standard InChI is InChI=1S/C21H22FN3O2/c1-14-3-5-15(6-4-14)21(9-11-27-12-10-21)19(26)24-20-23-17-13-16(22)7-8-18(17)25(20)2/h3-8,13H,9-12H2,1-2H3,(H,23,24,26). The predicted molar refractivity (Wildman–Crippen MR) is 102 cm³/mol. The molecule has 5 nitrogen and oxygen atoms in total. The number of nitrogens with one attached hydrogen (secondary N) is 1. The maximum atomic E-state index is 13.5. The molecule has 1 aliphatic rings. The number of imidazole rings is 1. The zero-order chi connectivity index (χ0) is 19.0. The molecular formula is C21H22FN3O2. The van der Waals surface area contributed by atoms with Gasteiger partial charge in [0.15, 0.2) is 0 Å². The normalized spacial score (nSPS) is 16.4. The molecular weight excluding hydrogens is 345 g/mol. The van der Waals surface area contributed by atoms with Gasteiger partial charge in [-0.05, 0) is 37.5 Å². The number of carbonyl (C=O) groups excluding carboxylic acids is 1. The van der Waals surface area contributed by atoms with Crippen LogP contribution >= 0.6 is 0 Å². The second-order valence-corrected chi connectivity index (χ2v) is 7.14. The molecule has 0 atom stereocenters. The van der Waals surface area contributed by atoms with E-state index in [1.165, 1.54) is 12.1 Å². The Bertz CT molecular complexity index is 989. The highest BCUT2D eigenvalue weighted by molar-refractivity contribution is 5.99. The number of rotatable bonds is 3. The first kappa shape index (κ1) is 17.7. The molecule has 0 aliphatic carbocycles. The van der Waals surface area contributed by atoms with Crippen molar-refractivity contribution in [3.63, 3.8) is 0 Å². The zero-order valence-corrected chi connectivity index (χ0v) is 15.5. The van der Waals surface area contributed by atoms with Gasteiger partial charge in [-0.1, -0.05) is 29.8 Å². The van der Waals surface area contributed by atoms with Crippen molar-refractivity contribution in [2.24, 2.45) is 7.05 Å². The van der Waals surface area contributed by atoms with Crippen LogP contribution in [-0.2, 0) is 22.0 Å². The van der Waals surface area contributed by atoms with Crippen LogP contribution in [0.4, 0.5) is 10.3 Å². The molecule has 0 saturated carbocycles. The van der Waals surface area contributed by atoms with E-state index in [4.69, 9.17) is 4.74 Å². The number of carbonyl (C=O) groups is 1. The maximum absolute atomic E-state index is 13.5. The molecule has 2 heterocycles. The van der Waals surface area contributed by atoms with Crippen LogP contribution in [0, 0.1) is 12.7 Å². The summed E-state index contributed by atoms with van der Waals surface area (Å²) in [6, 6.07) is 12.5. The van der Waals surface area contributed by atoms with Gasteiger partial charge < -0.3 is 9.30 Å².